The first-order valence-corrected chi connectivity index (χ1v) is 14.4. The van der Waals surface area contributed by atoms with Crippen molar-refractivity contribution in [3.63, 3.8) is 0 Å². The van der Waals surface area contributed by atoms with Gasteiger partial charge in [0.25, 0.3) is 0 Å². The predicted molar refractivity (Wildman–Crippen MR) is 153 cm³/mol. The molecule has 0 unspecified atom stereocenters. The van der Waals surface area contributed by atoms with Gasteiger partial charge >= 0.3 is 0 Å². The van der Waals surface area contributed by atoms with Gasteiger partial charge in [-0.1, -0.05) is 41.5 Å². The molecule has 8 atom stereocenters. The molecule has 222 valence electrons. The van der Waals surface area contributed by atoms with E-state index in [9.17, 15) is 24.6 Å². The summed E-state index contributed by atoms with van der Waals surface area (Å²) >= 11 is 0. The summed E-state index contributed by atoms with van der Waals surface area (Å²) in [6, 6.07) is 0. The fraction of sp³-hybridized carbons (Fsp3) is 0.656. The zero-order chi connectivity index (χ0) is 30.4. The highest BCUT2D eigenvalue weighted by atomic mass is 16.6. The normalized spacial score (nSPS) is 27.3. The van der Waals surface area contributed by atoms with Gasteiger partial charge in [-0.2, -0.15) is 0 Å². The summed E-state index contributed by atoms with van der Waals surface area (Å²) in [7, 11) is 0. The molecular weight excluding hydrogens is 512 g/mol. The Balaban J connectivity index is 2.13. The molecule has 0 amide bonds. The third kappa shape index (κ3) is 5.14. The van der Waals surface area contributed by atoms with Crippen molar-refractivity contribution in [1.29, 1.82) is 0 Å². The van der Waals surface area contributed by atoms with E-state index in [0.717, 1.165) is 0 Å². The van der Waals surface area contributed by atoms with E-state index in [2.05, 4.69) is 0 Å². The van der Waals surface area contributed by atoms with Crippen LogP contribution in [0.5, 0.6) is 0 Å². The largest absolute Gasteiger partial charge is 0.465 e. The number of carbonyl (C=O) groups excluding carboxylic acids is 1. The molecule has 0 aliphatic carbocycles. The summed E-state index contributed by atoms with van der Waals surface area (Å²) in [4.78, 5) is 38.7. The third-order valence-electron chi connectivity index (χ3n) is 9.35. The Morgan fingerprint density at radius 3 is 1.95 bits per heavy atom. The van der Waals surface area contributed by atoms with E-state index in [4.69, 9.17) is 13.6 Å². The van der Waals surface area contributed by atoms with Gasteiger partial charge in [0.15, 0.2) is 16.6 Å². The molecule has 0 aromatic carbocycles. The average Bonchev–Trinajstić information content (AvgIpc) is 2.94. The first kappa shape index (κ1) is 32.0. The molecule has 2 aromatic heterocycles. The number of carbonyl (C=O) groups is 1. The van der Waals surface area contributed by atoms with Crippen LogP contribution in [-0.2, 0) is 16.0 Å². The summed E-state index contributed by atoms with van der Waals surface area (Å²) in [5, 5.41) is 23.5. The molecule has 1 fully saturated rings. The minimum Gasteiger partial charge on any atom is -0.465 e. The second-order valence-corrected chi connectivity index (χ2v) is 11.8. The lowest BCUT2D eigenvalue weighted by molar-refractivity contribution is -0.330. The van der Waals surface area contributed by atoms with E-state index in [-0.39, 0.29) is 16.6 Å². The molecular formula is C32H46O8. The van der Waals surface area contributed by atoms with Crippen LogP contribution in [0, 0.1) is 39.5 Å². The van der Waals surface area contributed by atoms with Crippen molar-refractivity contribution in [2.24, 2.45) is 11.8 Å². The topological polar surface area (TPSA) is 127 Å². The van der Waals surface area contributed by atoms with Crippen molar-refractivity contribution < 1.29 is 28.6 Å². The van der Waals surface area contributed by atoms with Crippen LogP contribution in [0.15, 0.2) is 18.4 Å². The summed E-state index contributed by atoms with van der Waals surface area (Å²) in [5.41, 5.74) is 1.38. The Morgan fingerprint density at radius 2 is 1.40 bits per heavy atom. The van der Waals surface area contributed by atoms with Crippen molar-refractivity contribution in [3.05, 3.63) is 65.7 Å². The average molecular weight is 559 g/mol. The minimum atomic E-state index is -1.89. The maximum absolute atomic E-state index is 13.2. The van der Waals surface area contributed by atoms with Crippen LogP contribution in [0.3, 0.4) is 0 Å². The maximum Gasteiger partial charge on any atom is 0.191 e. The van der Waals surface area contributed by atoms with Gasteiger partial charge in [-0.25, -0.2) is 0 Å². The minimum absolute atomic E-state index is 0.0372. The third-order valence-corrected chi connectivity index (χ3v) is 9.35. The zero-order valence-corrected chi connectivity index (χ0v) is 25.8. The van der Waals surface area contributed by atoms with Gasteiger partial charge < -0.3 is 23.8 Å². The smallest absolute Gasteiger partial charge is 0.191 e. The molecule has 0 spiro atoms. The van der Waals surface area contributed by atoms with Crippen molar-refractivity contribution in [3.8, 4) is 0 Å². The van der Waals surface area contributed by atoms with Gasteiger partial charge in [0.05, 0.1) is 24.0 Å². The van der Waals surface area contributed by atoms with Gasteiger partial charge in [-0.15, -0.1) is 0 Å². The molecule has 8 heteroatoms. The van der Waals surface area contributed by atoms with Crippen molar-refractivity contribution in [1.82, 2.24) is 0 Å². The highest BCUT2D eigenvalue weighted by molar-refractivity contribution is 5.84. The van der Waals surface area contributed by atoms with Crippen LogP contribution in [0.4, 0.5) is 0 Å². The SMILES string of the molecule is CCC(=O)[C@@H](C)c1oc([C@H](C)[C@@H]2O[C@](O)([C@@H](C)c3oc(CC)c(C)c(=O)c3C)[C@@H](C)[C@@H](O)[C@@H]2C)c(C)c(=O)c1C. The zero-order valence-electron chi connectivity index (χ0n) is 25.8. The first-order chi connectivity index (χ1) is 18.5. The van der Waals surface area contributed by atoms with Crippen LogP contribution in [-0.4, -0.2) is 34.0 Å². The molecule has 0 radical (unpaired) electrons. The van der Waals surface area contributed by atoms with Crippen LogP contribution >= 0.6 is 0 Å². The molecule has 8 nitrogen and oxygen atoms in total. The van der Waals surface area contributed by atoms with Crippen molar-refractivity contribution in [2.75, 3.05) is 0 Å². The Kier molecular flexibility index (Phi) is 9.39. The molecule has 3 rings (SSSR count). The standard InChI is InChI=1S/C32H46O8/c1-12-23(33)14(3)28-16(5)26(35)17(6)29(39-28)20(9)30-19(8)27(36)21(10)32(37,40-30)22(11)31-18(7)25(34)15(4)24(13-2)38-31/h14,19-22,27,30,36-37H,12-13H2,1-11H3/t14-,19+,20+,21+,22+,27+,30-,32+/m1/s1. The summed E-state index contributed by atoms with van der Waals surface area (Å²) in [6.07, 6.45) is -0.886. The molecule has 3 heterocycles. The number of hydrogen-bond acceptors (Lipinski definition) is 8. The highest BCUT2D eigenvalue weighted by Crippen LogP contribution is 2.48. The van der Waals surface area contributed by atoms with Gasteiger partial charge in [-0.05, 0) is 34.6 Å². The van der Waals surface area contributed by atoms with Crippen molar-refractivity contribution >= 4 is 5.78 Å². The van der Waals surface area contributed by atoms with E-state index < -0.39 is 47.6 Å². The number of hydrogen-bond donors (Lipinski definition) is 2. The van der Waals surface area contributed by atoms with E-state index in [1.165, 1.54) is 0 Å². The number of aryl methyl sites for hydroxylation is 1. The number of rotatable bonds is 8. The Hall–Kier alpha value is -2.55. The summed E-state index contributed by atoms with van der Waals surface area (Å²) in [5.74, 6) is -3.45. The van der Waals surface area contributed by atoms with Crippen LogP contribution in [0.25, 0.3) is 0 Å². The Bertz CT molecular complexity index is 1380. The Labute approximate surface area is 236 Å². The number of Topliss-reactive ketones (excluding diaryl/α,β-unsaturated/α-hetero) is 1. The number of aliphatic hydroxyl groups is 2. The second-order valence-electron chi connectivity index (χ2n) is 11.8. The number of ether oxygens (including phenoxy) is 1. The molecule has 1 saturated heterocycles. The summed E-state index contributed by atoms with van der Waals surface area (Å²) in [6.45, 7) is 19.3. The Morgan fingerprint density at radius 1 is 0.875 bits per heavy atom. The van der Waals surface area contributed by atoms with Gasteiger partial charge in [0.1, 0.15) is 28.8 Å². The monoisotopic (exact) mass is 558 g/mol. The fourth-order valence-electron chi connectivity index (χ4n) is 6.35. The number of ketones is 1. The molecule has 0 saturated carbocycles. The lowest BCUT2D eigenvalue weighted by Crippen LogP contribution is -2.60. The quantitative estimate of drug-likeness (QED) is 0.458. The summed E-state index contributed by atoms with van der Waals surface area (Å²) < 4.78 is 18.9. The van der Waals surface area contributed by atoms with E-state index in [0.29, 0.717) is 58.1 Å². The molecule has 0 bridgehead atoms. The second kappa shape index (κ2) is 11.7. The van der Waals surface area contributed by atoms with Crippen LogP contribution < -0.4 is 10.9 Å². The van der Waals surface area contributed by atoms with E-state index >= 15 is 0 Å². The van der Waals surface area contributed by atoms with Crippen molar-refractivity contribution in [2.45, 2.75) is 125 Å². The number of aliphatic hydroxyl groups excluding tert-OH is 1. The van der Waals surface area contributed by atoms with Gasteiger partial charge in [-0.3, -0.25) is 14.4 Å². The molecule has 40 heavy (non-hydrogen) atoms. The molecule has 1 aliphatic rings. The lowest BCUT2D eigenvalue weighted by atomic mass is 9.72. The molecule has 2 aromatic rings. The van der Waals surface area contributed by atoms with Crippen LogP contribution in [0.2, 0.25) is 0 Å². The van der Waals surface area contributed by atoms with E-state index in [1.54, 1.807) is 55.4 Å². The first-order valence-electron chi connectivity index (χ1n) is 14.4. The lowest BCUT2D eigenvalue weighted by Gasteiger charge is -2.51. The van der Waals surface area contributed by atoms with Gasteiger partial charge in [0, 0.05) is 52.8 Å². The predicted octanol–water partition coefficient (Wildman–Crippen LogP) is 5.10. The molecule has 1 aliphatic heterocycles. The maximum atomic E-state index is 13.2. The van der Waals surface area contributed by atoms with E-state index in [1.807, 2.05) is 20.8 Å². The van der Waals surface area contributed by atoms with Gasteiger partial charge in [0.2, 0.25) is 0 Å². The highest BCUT2D eigenvalue weighted by Gasteiger charge is 2.55. The van der Waals surface area contributed by atoms with Crippen LogP contribution in [0.1, 0.15) is 118 Å². The molecule has 2 N–H and O–H groups in total. The fourth-order valence-corrected chi connectivity index (χ4v) is 6.35.